The van der Waals surface area contributed by atoms with Crippen molar-refractivity contribution in [2.45, 2.75) is 69.7 Å². The molecule has 0 aromatic rings. The lowest BCUT2D eigenvalue weighted by Gasteiger charge is -2.44. The van der Waals surface area contributed by atoms with Crippen molar-refractivity contribution in [3.8, 4) is 0 Å². The van der Waals surface area contributed by atoms with E-state index in [1.807, 2.05) is 11.6 Å². The van der Waals surface area contributed by atoms with Crippen LogP contribution in [0, 0.1) is 0 Å². The molecule has 178 valence electrons. The highest BCUT2D eigenvalue weighted by atomic mass is 32.2. The van der Waals surface area contributed by atoms with Gasteiger partial charge in [0.15, 0.2) is 12.0 Å². The second-order valence-electron chi connectivity index (χ2n) is 6.88. The number of fused-ring (bicyclic) bond motifs is 1. The molecule has 14 nitrogen and oxygen atoms in total. The van der Waals surface area contributed by atoms with Crippen molar-refractivity contribution in [1.29, 1.82) is 0 Å². The maximum Gasteiger partial charge on any atom is 0.338 e. The molecule has 17 heteroatoms. The van der Waals surface area contributed by atoms with Crippen molar-refractivity contribution in [3.63, 3.8) is 0 Å². The Labute approximate surface area is 177 Å². The molecule has 0 aromatic heterocycles. The molecule has 0 saturated carbocycles. The topological polar surface area (TPSA) is 190 Å². The Morgan fingerprint density at radius 2 is 1.83 bits per heavy atom. The molecule has 2 fully saturated rings. The Morgan fingerprint density at radius 3 is 2.40 bits per heavy atom. The third kappa shape index (κ3) is 6.28. The van der Waals surface area contributed by atoms with Crippen molar-refractivity contribution in [2.24, 2.45) is 0 Å². The van der Waals surface area contributed by atoms with E-state index in [4.69, 9.17) is 22.6 Å². The molecular weight excluding hydrogens is 474 g/mol. The highest BCUT2D eigenvalue weighted by Gasteiger charge is 2.66. The van der Waals surface area contributed by atoms with E-state index in [0.717, 1.165) is 0 Å². The van der Waals surface area contributed by atoms with Gasteiger partial charge in [-0.25, -0.2) is 16.8 Å². The Bertz CT molecular complexity index is 838. The number of rotatable bonds is 11. The zero-order valence-electron chi connectivity index (χ0n) is 16.3. The van der Waals surface area contributed by atoms with Crippen molar-refractivity contribution < 1.29 is 57.1 Å². The molecular formula is C13H25NO13S3. The quantitative estimate of drug-likeness (QED) is 0.134. The van der Waals surface area contributed by atoms with E-state index in [2.05, 4.69) is 4.18 Å². The van der Waals surface area contributed by atoms with Gasteiger partial charge in [-0.1, -0.05) is 13.3 Å². The predicted octanol–water partition coefficient (Wildman–Crippen LogP) is -2.34. The number of ether oxygens (including phenoxy) is 3. The first kappa shape index (κ1) is 25.8. The minimum absolute atomic E-state index is 0.145. The lowest BCUT2D eigenvalue weighted by atomic mass is 9.96. The van der Waals surface area contributed by atoms with Crippen LogP contribution < -0.4 is 4.72 Å². The number of thiol groups is 2. The fraction of sp³-hybridized carbons (Fsp3) is 1.00. The summed E-state index contributed by atoms with van der Waals surface area (Å²) in [4.78, 5) is 0. The summed E-state index contributed by atoms with van der Waals surface area (Å²) in [7, 11) is -11.4. The van der Waals surface area contributed by atoms with E-state index in [1.165, 1.54) is 13.8 Å². The number of hydrogen-bond donors (Lipinski definition) is 4. The molecule has 0 amide bonds. The molecule has 2 rings (SSSR count). The summed E-state index contributed by atoms with van der Waals surface area (Å²) in [6.45, 7) is 3.80. The van der Waals surface area contributed by atoms with Crippen molar-refractivity contribution in [3.05, 3.63) is 0 Å². The predicted molar refractivity (Wildman–Crippen MR) is 98.0 cm³/mol. The molecule has 0 radical (unpaired) electrons. The van der Waals surface area contributed by atoms with Gasteiger partial charge in [-0.2, -0.15) is 13.1 Å². The fourth-order valence-corrected chi connectivity index (χ4v) is 4.73. The van der Waals surface area contributed by atoms with Gasteiger partial charge in [-0.3, -0.25) is 12.5 Å². The molecule has 5 atom stereocenters. The summed E-state index contributed by atoms with van der Waals surface area (Å²) < 4.78 is 101. The zero-order valence-corrected chi connectivity index (χ0v) is 18.9. The van der Waals surface area contributed by atoms with E-state index < -0.39 is 75.0 Å². The van der Waals surface area contributed by atoms with Crippen LogP contribution in [0.4, 0.5) is 0 Å². The van der Waals surface area contributed by atoms with E-state index in [1.54, 1.807) is 0 Å². The largest absolute Gasteiger partial charge is 0.372 e. The molecule has 0 bridgehead atoms. The van der Waals surface area contributed by atoms with Gasteiger partial charge in [-0.15, -0.1) is 0 Å². The lowest BCUT2D eigenvalue weighted by molar-refractivity contribution is -0.324. The maximum atomic E-state index is 12.1. The number of aliphatic hydroxyl groups excluding tert-OH is 1. The minimum Gasteiger partial charge on any atom is -0.372 e. The van der Waals surface area contributed by atoms with E-state index in [-0.39, 0.29) is 6.61 Å². The average molecular weight is 500 g/mol. The van der Waals surface area contributed by atoms with Gasteiger partial charge in [0.05, 0.1) is 13.2 Å². The third-order valence-corrected chi connectivity index (χ3v) is 6.00. The Balaban J connectivity index is 2.34. The van der Waals surface area contributed by atoms with Crippen LogP contribution in [0.15, 0.2) is 0 Å². The standard InChI is InChI=1S/C13H25NO13S3/c1-4-5-6-23-30(20,21)14-11(15)13-10(24-12(2,3)27-13)9(26-29(18)19)8(7-22-13)25-28(16)17/h8-11,14-15,28-29H,4-7H2,1-3H3/t8-,9-,10+,11?,13-/m1/s1. The molecule has 2 N–H and O–H groups in total. The van der Waals surface area contributed by atoms with Crippen LogP contribution in [0.1, 0.15) is 33.6 Å². The number of hydrogen-bond acceptors (Lipinski definition) is 13. The first-order valence-corrected chi connectivity index (χ1v) is 12.4. The first-order chi connectivity index (χ1) is 13.8. The molecule has 0 aliphatic carbocycles. The highest BCUT2D eigenvalue weighted by molar-refractivity contribution is 7.84. The van der Waals surface area contributed by atoms with Gasteiger partial charge in [0, 0.05) is 0 Å². The Morgan fingerprint density at radius 1 is 1.20 bits per heavy atom. The summed E-state index contributed by atoms with van der Waals surface area (Å²) in [6, 6.07) is 0. The second-order valence-corrected chi connectivity index (χ2v) is 9.58. The summed E-state index contributed by atoms with van der Waals surface area (Å²) in [5.41, 5.74) is 0. The maximum absolute atomic E-state index is 12.1. The molecule has 1 unspecified atom stereocenters. The molecule has 0 aromatic carbocycles. The molecule has 2 aliphatic rings. The number of aliphatic hydroxyl groups is 1. The third-order valence-electron chi connectivity index (χ3n) is 4.15. The number of unbranched alkanes of at least 4 members (excludes halogenated alkanes) is 1. The van der Waals surface area contributed by atoms with E-state index in [9.17, 15) is 30.4 Å². The monoisotopic (exact) mass is 499 g/mol. The van der Waals surface area contributed by atoms with Crippen LogP contribution in [0.5, 0.6) is 0 Å². The van der Waals surface area contributed by atoms with Crippen molar-refractivity contribution >= 4 is 32.3 Å². The summed E-state index contributed by atoms with van der Waals surface area (Å²) in [5.74, 6) is -3.81. The van der Waals surface area contributed by atoms with Gasteiger partial charge in [0.1, 0.15) is 18.3 Å². The van der Waals surface area contributed by atoms with Gasteiger partial charge in [0.25, 0.3) is 22.0 Å². The van der Waals surface area contributed by atoms with Crippen LogP contribution in [0.2, 0.25) is 0 Å². The summed E-state index contributed by atoms with van der Waals surface area (Å²) in [5, 5.41) is 10.6. The zero-order chi connectivity index (χ0) is 22.7. The van der Waals surface area contributed by atoms with E-state index >= 15 is 0 Å². The van der Waals surface area contributed by atoms with Gasteiger partial charge in [-0.05, 0) is 20.3 Å². The van der Waals surface area contributed by atoms with Crippen LogP contribution in [0.3, 0.4) is 0 Å². The van der Waals surface area contributed by atoms with Crippen LogP contribution in [-0.2, 0) is 59.0 Å². The minimum atomic E-state index is -4.46. The molecule has 2 saturated heterocycles. The first-order valence-electron chi connectivity index (χ1n) is 8.81. The van der Waals surface area contributed by atoms with Gasteiger partial charge < -0.3 is 19.3 Å². The fourth-order valence-electron chi connectivity index (χ4n) is 3.04. The average Bonchev–Trinajstić information content (AvgIpc) is 2.88. The second kappa shape index (κ2) is 9.99. The van der Waals surface area contributed by atoms with Crippen molar-refractivity contribution in [2.75, 3.05) is 13.2 Å². The van der Waals surface area contributed by atoms with E-state index in [0.29, 0.717) is 12.8 Å². The van der Waals surface area contributed by atoms with Crippen LogP contribution in [-0.4, -0.2) is 79.7 Å². The van der Waals surface area contributed by atoms with Gasteiger partial charge >= 0.3 is 10.3 Å². The van der Waals surface area contributed by atoms with Crippen LogP contribution >= 0.6 is 0 Å². The molecule has 30 heavy (non-hydrogen) atoms. The van der Waals surface area contributed by atoms with Crippen molar-refractivity contribution in [1.82, 2.24) is 4.72 Å². The molecule has 2 heterocycles. The van der Waals surface area contributed by atoms with Crippen LogP contribution in [0.25, 0.3) is 0 Å². The van der Waals surface area contributed by atoms with Gasteiger partial charge in [0.2, 0.25) is 5.79 Å². The Hall–Kier alpha value is -0.470. The smallest absolute Gasteiger partial charge is 0.338 e. The Kier molecular flexibility index (Phi) is 8.58. The highest BCUT2D eigenvalue weighted by Crippen LogP contribution is 2.45. The molecule has 0 spiro atoms. The summed E-state index contributed by atoms with van der Waals surface area (Å²) in [6.07, 6.45) is -5.77. The summed E-state index contributed by atoms with van der Waals surface area (Å²) >= 11 is 0. The lowest BCUT2D eigenvalue weighted by Crippen LogP contribution is -2.68. The number of nitrogens with one attached hydrogen (secondary N) is 1. The SMILES string of the molecule is CCCCOS(=O)(=O)NC(O)[C@@]12OC[C@@H](O[SH](=O)=O)[C@@H](O[SH](=O)=O)[C@@H]1OC(C)(C)O2. The molecule has 2 aliphatic heterocycles. The normalized spacial score (nSPS) is 32.4.